The van der Waals surface area contributed by atoms with Crippen LogP contribution in [0, 0.1) is 5.92 Å². The number of nitrogens with zero attached hydrogens (tertiary/aromatic N) is 1. The molecule has 2 aliphatic heterocycles. The van der Waals surface area contributed by atoms with E-state index >= 15 is 0 Å². The Labute approximate surface area is 259 Å². The van der Waals surface area contributed by atoms with E-state index in [2.05, 4.69) is 10.2 Å². The number of aliphatic hydroxyl groups excluding tert-OH is 2. The lowest BCUT2D eigenvalue weighted by Crippen LogP contribution is -2.74. The summed E-state index contributed by atoms with van der Waals surface area (Å²) >= 11 is 0. The first-order chi connectivity index (χ1) is 21.2. The monoisotopic (exact) mass is 632 g/mol. The molecule has 14 nitrogen and oxygen atoms in total. The molecule has 4 aliphatic rings. The number of piperidine rings is 1. The molecule has 14 heteroatoms. The lowest BCUT2D eigenvalue weighted by atomic mass is 9.50. The first-order valence-corrected chi connectivity index (χ1v) is 15.0. The number of carbonyl (C=O) groups is 4. The molecule has 8 atom stereocenters. The van der Waals surface area contributed by atoms with Crippen molar-refractivity contribution in [1.82, 2.24) is 10.2 Å². The van der Waals surface area contributed by atoms with Crippen LogP contribution in [0.15, 0.2) is 24.0 Å². The van der Waals surface area contributed by atoms with Gasteiger partial charge in [-0.2, -0.15) is 0 Å². The Balaban J connectivity index is 1.30. The maximum Gasteiger partial charge on any atom is 0.343 e. The second-order valence-corrected chi connectivity index (χ2v) is 12.7. The fraction of sp³-hybridized carbons (Fsp3) is 0.613. The summed E-state index contributed by atoms with van der Waals surface area (Å²) in [6, 6.07) is 2.26. The summed E-state index contributed by atoms with van der Waals surface area (Å²) in [4.78, 5) is 51.7. The van der Waals surface area contributed by atoms with Gasteiger partial charge in [0.1, 0.15) is 11.8 Å². The number of rotatable bonds is 11. The van der Waals surface area contributed by atoms with Gasteiger partial charge in [0.15, 0.2) is 35.9 Å². The number of hydrogen-bond donors (Lipinski definition) is 5. The van der Waals surface area contributed by atoms with Crippen LogP contribution in [0.3, 0.4) is 0 Å². The second-order valence-electron chi connectivity index (χ2n) is 12.7. The van der Waals surface area contributed by atoms with Crippen molar-refractivity contribution in [3.8, 4) is 11.5 Å². The van der Waals surface area contributed by atoms with E-state index in [1.165, 1.54) is 13.2 Å². The smallest absolute Gasteiger partial charge is 0.343 e. The molecular formula is C31H40N2O12. The third kappa shape index (κ3) is 5.23. The van der Waals surface area contributed by atoms with Gasteiger partial charge in [0, 0.05) is 18.0 Å². The van der Waals surface area contributed by atoms with E-state index < -0.39 is 65.3 Å². The molecule has 1 aromatic rings. The van der Waals surface area contributed by atoms with Crippen LogP contribution in [0.2, 0.25) is 0 Å². The number of nitrogens with one attached hydrogen (secondary N) is 1. The fourth-order valence-corrected chi connectivity index (χ4v) is 7.30. The van der Waals surface area contributed by atoms with Crippen LogP contribution in [0.5, 0.6) is 11.5 Å². The van der Waals surface area contributed by atoms with Gasteiger partial charge in [-0.05, 0) is 63.4 Å². The van der Waals surface area contributed by atoms with Crippen molar-refractivity contribution in [3.05, 3.63) is 35.1 Å². The minimum absolute atomic E-state index is 0.0105. The molecule has 1 saturated heterocycles. The minimum Gasteiger partial charge on any atom is -0.493 e. The number of likely N-dealkylation sites (N-methyl/N-ethyl adjacent to an activating group) is 1. The average molecular weight is 633 g/mol. The Kier molecular flexibility index (Phi) is 8.64. The zero-order valence-electron chi connectivity index (χ0n) is 25.8. The maximum atomic E-state index is 13.1. The van der Waals surface area contributed by atoms with Crippen LogP contribution in [0.1, 0.15) is 51.2 Å². The third-order valence-electron chi connectivity index (χ3n) is 9.54. The van der Waals surface area contributed by atoms with Crippen molar-refractivity contribution in [3.63, 3.8) is 0 Å². The van der Waals surface area contributed by atoms with Crippen molar-refractivity contribution >= 4 is 23.8 Å². The van der Waals surface area contributed by atoms with E-state index in [1.54, 1.807) is 19.9 Å². The van der Waals surface area contributed by atoms with Gasteiger partial charge in [0.2, 0.25) is 0 Å². The van der Waals surface area contributed by atoms with Crippen molar-refractivity contribution < 1.29 is 58.6 Å². The highest BCUT2D eigenvalue weighted by molar-refractivity contribution is 5.90. The zero-order valence-corrected chi connectivity index (χ0v) is 25.8. The molecule has 0 saturated carbocycles. The van der Waals surface area contributed by atoms with E-state index in [-0.39, 0.29) is 30.6 Å². The highest BCUT2D eigenvalue weighted by Crippen LogP contribution is 2.65. The largest absolute Gasteiger partial charge is 0.493 e. The number of esters is 2. The second kappa shape index (κ2) is 11.9. The zero-order chi connectivity index (χ0) is 33.0. The molecule has 5 N–H and O–H groups in total. The Morgan fingerprint density at radius 2 is 1.82 bits per heavy atom. The van der Waals surface area contributed by atoms with Crippen LogP contribution < -0.4 is 14.8 Å². The number of aliphatic hydroxyl groups is 3. The van der Waals surface area contributed by atoms with Crippen LogP contribution >= 0.6 is 0 Å². The van der Waals surface area contributed by atoms with Crippen LogP contribution in [-0.2, 0) is 40.5 Å². The summed E-state index contributed by atoms with van der Waals surface area (Å²) in [6.07, 6.45) is -4.50. The van der Waals surface area contributed by atoms with Gasteiger partial charge in [-0.1, -0.05) is 19.9 Å². The first kappa shape index (κ1) is 32.7. The number of carboxylic acids is 1. The summed E-state index contributed by atoms with van der Waals surface area (Å²) < 4.78 is 22.4. The summed E-state index contributed by atoms with van der Waals surface area (Å²) in [5.41, 5.74) is -0.466. The molecule has 2 aliphatic carbocycles. The Morgan fingerprint density at radius 3 is 2.47 bits per heavy atom. The number of amides is 1. The van der Waals surface area contributed by atoms with E-state index in [0.717, 1.165) is 18.1 Å². The molecular weight excluding hydrogens is 592 g/mol. The van der Waals surface area contributed by atoms with E-state index in [0.29, 0.717) is 30.9 Å². The van der Waals surface area contributed by atoms with E-state index in [1.807, 2.05) is 13.1 Å². The topological polar surface area (TPSA) is 201 Å². The van der Waals surface area contributed by atoms with Gasteiger partial charge < -0.3 is 49.6 Å². The normalized spacial score (nSPS) is 28.9. The van der Waals surface area contributed by atoms with Gasteiger partial charge in [0.25, 0.3) is 5.91 Å². The molecule has 2 unspecified atom stereocenters. The number of carboxylic acid groups (broad SMARTS) is 1. The van der Waals surface area contributed by atoms with E-state index in [9.17, 15) is 39.6 Å². The molecule has 1 spiro atoms. The summed E-state index contributed by atoms with van der Waals surface area (Å²) in [5.74, 6) is -4.21. The minimum atomic E-state index is -2.42. The predicted molar refractivity (Wildman–Crippen MR) is 154 cm³/mol. The first-order valence-electron chi connectivity index (χ1n) is 15.0. The average Bonchev–Trinajstić information content (AvgIpc) is 3.34. The number of benzene rings is 1. The van der Waals surface area contributed by atoms with E-state index in [4.69, 9.17) is 18.9 Å². The molecule has 1 amide bonds. The molecule has 2 heterocycles. The molecule has 1 aromatic carbocycles. The summed E-state index contributed by atoms with van der Waals surface area (Å²) in [7, 11) is 3.45. The third-order valence-corrected chi connectivity index (χ3v) is 9.54. The van der Waals surface area contributed by atoms with Gasteiger partial charge in [-0.25, -0.2) is 14.4 Å². The number of methoxy groups -OCH3 is 1. The van der Waals surface area contributed by atoms with Crippen LogP contribution in [0.4, 0.5) is 0 Å². The summed E-state index contributed by atoms with van der Waals surface area (Å²) in [5, 5.41) is 44.9. The lowest BCUT2D eigenvalue weighted by Gasteiger charge is -2.61. The van der Waals surface area contributed by atoms with Crippen molar-refractivity contribution in [1.29, 1.82) is 0 Å². The number of likely N-dealkylation sites (tertiary alicyclic amines) is 1. The highest BCUT2D eigenvalue weighted by Gasteiger charge is 2.72. The van der Waals surface area contributed by atoms with Gasteiger partial charge in [0.05, 0.1) is 18.1 Å². The standard InChI is InChI=1S/C31H40N2O12/c1-14(2)12-17(27(37)38)32-26(36)15(3)43-28(39)22(34)23(35)29(40)44-19-8-9-31(41)20-13-16-6-7-18(42-5)24-21(16)30(31,25(19)45-24)10-11-33(20)4/h6-8,14-15,17,20,22-23,25,34-35,41H,9-13H2,1-5H3,(H,32,36)(H,37,38)/t15?,17?,20-,22-,23-,25+,30+,31-/m1/s1. The maximum absolute atomic E-state index is 13.1. The fourth-order valence-electron chi connectivity index (χ4n) is 7.30. The quantitative estimate of drug-likeness (QED) is 0.201. The molecule has 1 fully saturated rings. The SMILES string of the molecule is COc1ccc2c3c1O[C@H]1C(OC(=O)[C@H](O)[C@@H](O)C(=O)OC(C)C(=O)NC(CC(C)C)C(=O)O)=CC[C@@]4(O)[C@@H](C2)N(C)CC[C@]314. The number of aliphatic carboxylic acids is 1. The Morgan fingerprint density at radius 1 is 1.13 bits per heavy atom. The molecule has 0 radical (unpaired) electrons. The highest BCUT2D eigenvalue weighted by atomic mass is 16.6. The Hall–Kier alpha value is -3.72. The van der Waals surface area contributed by atoms with Crippen LogP contribution in [-0.4, -0.2) is 112 Å². The van der Waals surface area contributed by atoms with Crippen molar-refractivity contribution in [2.75, 3.05) is 20.7 Å². The van der Waals surface area contributed by atoms with Gasteiger partial charge >= 0.3 is 17.9 Å². The van der Waals surface area contributed by atoms with Crippen molar-refractivity contribution in [2.24, 2.45) is 5.92 Å². The molecule has 0 aromatic heterocycles. The predicted octanol–water partition coefficient (Wildman–Crippen LogP) is -0.215. The molecule has 5 rings (SSSR count). The number of carbonyl (C=O) groups excluding carboxylic acids is 3. The molecule has 246 valence electrons. The summed E-state index contributed by atoms with van der Waals surface area (Å²) in [6.45, 7) is 5.34. The lowest BCUT2D eigenvalue weighted by molar-refractivity contribution is -0.181. The molecule has 45 heavy (non-hydrogen) atoms. The number of ether oxygens (including phenoxy) is 4. The van der Waals surface area contributed by atoms with Gasteiger partial charge in [-0.15, -0.1) is 0 Å². The Bertz CT molecular complexity index is 1430. The van der Waals surface area contributed by atoms with Crippen LogP contribution in [0.25, 0.3) is 0 Å². The number of hydrogen-bond acceptors (Lipinski definition) is 12. The molecule has 2 bridgehead atoms. The van der Waals surface area contributed by atoms with Gasteiger partial charge in [-0.3, -0.25) is 4.79 Å². The van der Waals surface area contributed by atoms with Crippen molar-refractivity contribution in [2.45, 2.75) is 94.0 Å².